The summed E-state index contributed by atoms with van der Waals surface area (Å²) in [5.41, 5.74) is 7.11. The first kappa shape index (κ1) is 25.6. The van der Waals surface area contributed by atoms with Gasteiger partial charge in [-0.2, -0.15) is 0 Å². The molecule has 39 heavy (non-hydrogen) atoms. The van der Waals surface area contributed by atoms with E-state index in [0.29, 0.717) is 11.2 Å². The Morgan fingerprint density at radius 1 is 0.897 bits per heavy atom. The molecule has 3 heterocycles. The second kappa shape index (κ2) is 10.9. The van der Waals surface area contributed by atoms with E-state index in [0.717, 1.165) is 28.4 Å². The summed E-state index contributed by atoms with van der Waals surface area (Å²) in [6.07, 6.45) is 8.35. The third kappa shape index (κ3) is 4.94. The molecule has 0 spiro atoms. The molecule has 1 aliphatic carbocycles. The molecule has 0 radical (unpaired) electrons. The number of thiocarbonyl (C=S) groups is 1. The van der Waals surface area contributed by atoms with E-state index in [1.165, 1.54) is 49.1 Å². The van der Waals surface area contributed by atoms with Gasteiger partial charge < -0.3 is 19.5 Å². The zero-order valence-corrected chi connectivity index (χ0v) is 23.7. The van der Waals surface area contributed by atoms with Crippen LogP contribution in [0.2, 0.25) is 0 Å². The standard InChI is InChI=1S/C33H36N4OS/c1-22-11-7-8-15-30(22)38-27-18-16-26(17-19-27)37-32(31(35-33(37)39)29-14-9-10-20-34-29)28-21-23(2)36(24(28)3)25-12-5-4-6-13-25/h7-11,14-21,25,31-32H,4-6,12-13H2,1-3H3,(H,35,39)/t31-,32+/m0/s1. The van der Waals surface area contributed by atoms with Crippen molar-refractivity contribution in [2.24, 2.45) is 0 Å². The Kier molecular flexibility index (Phi) is 7.13. The summed E-state index contributed by atoms with van der Waals surface area (Å²) in [6.45, 7) is 6.60. The Labute approximate surface area is 236 Å². The topological polar surface area (TPSA) is 42.3 Å². The van der Waals surface area contributed by atoms with Crippen molar-refractivity contribution in [3.8, 4) is 11.5 Å². The lowest BCUT2D eigenvalue weighted by Gasteiger charge is -2.30. The SMILES string of the molecule is Cc1ccccc1Oc1ccc(N2C(=S)N[C@@H](c3ccccn3)[C@H]2c2cc(C)n(C3CCCCC3)c2C)cc1. The van der Waals surface area contributed by atoms with Gasteiger partial charge in [-0.3, -0.25) is 4.98 Å². The number of benzene rings is 2. The number of nitrogens with zero attached hydrogens (tertiary/aromatic N) is 3. The molecule has 1 N–H and O–H groups in total. The molecule has 2 fully saturated rings. The molecule has 2 aliphatic rings. The molecule has 0 unspecified atom stereocenters. The molecule has 1 aliphatic heterocycles. The average Bonchev–Trinajstić information content (AvgIpc) is 3.46. The zero-order chi connectivity index (χ0) is 26.9. The number of hydrogen-bond acceptors (Lipinski definition) is 3. The van der Waals surface area contributed by atoms with Gasteiger partial charge in [-0.15, -0.1) is 0 Å². The molecular weight excluding hydrogens is 500 g/mol. The molecule has 2 atom stereocenters. The summed E-state index contributed by atoms with van der Waals surface area (Å²) in [4.78, 5) is 7.00. The number of rotatable bonds is 6. The molecular formula is C33H36N4OS. The third-order valence-electron chi connectivity index (χ3n) is 8.32. The van der Waals surface area contributed by atoms with E-state index in [1.807, 2.05) is 42.6 Å². The molecule has 5 nitrogen and oxygen atoms in total. The Hall–Kier alpha value is -3.64. The van der Waals surface area contributed by atoms with Crippen LogP contribution >= 0.6 is 12.2 Å². The number of nitrogens with one attached hydrogen (secondary N) is 1. The number of anilines is 1. The van der Waals surface area contributed by atoms with Gasteiger partial charge >= 0.3 is 0 Å². The van der Waals surface area contributed by atoms with E-state index >= 15 is 0 Å². The number of aromatic nitrogens is 2. The minimum absolute atomic E-state index is 0.0147. The summed E-state index contributed by atoms with van der Waals surface area (Å²) < 4.78 is 8.77. The minimum atomic E-state index is -0.0538. The number of para-hydroxylation sites is 1. The first-order valence-corrected chi connectivity index (χ1v) is 14.4. The van der Waals surface area contributed by atoms with Crippen molar-refractivity contribution in [2.75, 3.05) is 4.90 Å². The molecule has 2 aromatic carbocycles. The zero-order valence-electron chi connectivity index (χ0n) is 22.9. The van der Waals surface area contributed by atoms with Crippen LogP contribution in [-0.2, 0) is 0 Å². The summed E-state index contributed by atoms with van der Waals surface area (Å²) in [6, 6.07) is 25.3. The fourth-order valence-corrected chi connectivity index (χ4v) is 6.77. The fourth-order valence-electron chi connectivity index (χ4n) is 6.42. The maximum atomic E-state index is 6.18. The van der Waals surface area contributed by atoms with Crippen LogP contribution in [0.1, 0.15) is 78.4 Å². The first-order chi connectivity index (χ1) is 19.0. The van der Waals surface area contributed by atoms with Crippen molar-refractivity contribution in [3.63, 3.8) is 0 Å². The average molecular weight is 537 g/mol. The molecule has 6 heteroatoms. The summed E-state index contributed by atoms with van der Waals surface area (Å²) in [7, 11) is 0. The van der Waals surface area contributed by atoms with Gasteiger partial charge in [0.1, 0.15) is 11.5 Å². The van der Waals surface area contributed by atoms with Crippen LogP contribution in [0, 0.1) is 20.8 Å². The van der Waals surface area contributed by atoms with Gasteiger partial charge in [-0.25, -0.2) is 0 Å². The quantitative estimate of drug-likeness (QED) is 0.251. The van der Waals surface area contributed by atoms with Gasteiger partial charge in [0.2, 0.25) is 0 Å². The number of aryl methyl sites for hydroxylation is 2. The lowest BCUT2D eigenvalue weighted by molar-refractivity contribution is 0.345. The summed E-state index contributed by atoms with van der Waals surface area (Å²) in [5.74, 6) is 1.67. The largest absolute Gasteiger partial charge is 0.457 e. The fraction of sp³-hybridized carbons (Fsp3) is 0.333. The Morgan fingerprint density at radius 2 is 1.64 bits per heavy atom. The van der Waals surface area contributed by atoms with E-state index in [4.69, 9.17) is 21.9 Å². The van der Waals surface area contributed by atoms with E-state index in [-0.39, 0.29) is 12.1 Å². The predicted molar refractivity (Wildman–Crippen MR) is 162 cm³/mol. The van der Waals surface area contributed by atoms with Crippen LogP contribution in [0.25, 0.3) is 0 Å². The Morgan fingerprint density at radius 3 is 2.36 bits per heavy atom. The molecule has 6 rings (SSSR count). The highest BCUT2D eigenvalue weighted by Crippen LogP contribution is 2.45. The first-order valence-electron chi connectivity index (χ1n) is 14.0. The predicted octanol–water partition coefficient (Wildman–Crippen LogP) is 8.28. The Balaban J connectivity index is 1.38. The van der Waals surface area contributed by atoms with Crippen molar-refractivity contribution in [1.82, 2.24) is 14.9 Å². The van der Waals surface area contributed by atoms with Crippen LogP contribution in [0.15, 0.2) is 79.0 Å². The van der Waals surface area contributed by atoms with Gasteiger partial charge in [0.25, 0.3) is 0 Å². The monoisotopic (exact) mass is 536 g/mol. The van der Waals surface area contributed by atoms with E-state index in [1.54, 1.807) is 0 Å². The maximum Gasteiger partial charge on any atom is 0.174 e. The maximum absolute atomic E-state index is 6.18. The number of ether oxygens (including phenoxy) is 1. The van der Waals surface area contributed by atoms with Crippen molar-refractivity contribution in [2.45, 2.75) is 71.0 Å². The minimum Gasteiger partial charge on any atom is -0.457 e. The normalized spacial score (nSPS) is 19.8. The van der Waals surface area contributed by atoms with Crippen LogP contribution in [0.3, 0.4) is 0 Å². The van der Waals surface area contributed by atoms with Crippen LogP contribution < -0.4 is 15.0 Å². The molecule has 1 saturated carbocycles. The summed E-state index contributed by atoms with van der Waals surface area (Å²) >= 11 is 5.99. The van der Waals surface area contributed by atoms with Crippen LogP contribution in [0.4, 0.5) is 5.69 Å². The van der Waals surface area contributed by atoms with Crippen molar-refractivity contribution >= 4 is 23.0 Å². The second-order valence-corrected chi connectivity index (χ2v) is 11.2. The van der Waals surface area contributed by atoms with Crippen molar-refractivity contribution in [3.05, 3.63) is 107 Å². The lowest BCUT2D eigenvalue weighted by atomic mass is 9.94. The van der Waals surface area contributed by atoms with E-state index in [9.17, 15) is 0 Å². The molecule has 1 saturated heterocycles. The van der Waals surface area contributed by atoms with Gasteiger partial charge in [-0.05, 0) is 105 Å². The van der Waals surface area contributed by atoms with E-state index < -0.39 is 0 Å². The van der Waals surface area contributed by atoms with Crippen molar-refractivity contribution in [1.29, 1.82) is 0 Å². The molecule has 0 bridgehead atoms. The smallest absolute Gasteiger partial charge is 0.174 e. The highest BCUT2D eigenvalue weighted by Gasteiger charge is 2.42. The molecule has 4 aromatic rings. The molecule has 200 valence electrons. The second-order valence-electron chi connectivity index (χ2n) is 10.8. The highest BCUT2D eigenvalue weighted by atomic mass is 32.1. The summed E-state index contributed by atoms with van der Waals surface area (Å²) in [5, 5.41) is 4.33. The molecule has 0 amide bonds. The van der Waals surface area contributed by atoms with Crippen LogP contribution in [0.5, 0.6) is 11.5 Å². The number of hydrogen-bond donors (Lipinski definition) is 1. The van der Waals surface area contributed by atoms with E-state index in [2.05, 4.69) is 72.0 Å². The third-order valence-corrected chi connectivity index (χ3v) is 8.63. The Bertz CT molecular complexity index is 1460. The van der Waals surface area contributed by atoms with Gasteiger partial charge in [-0.1, -0.05) is 43.5 Å². The van der Waals surface area contributed by atoms with Crippen molar-refractivity contribution < 1.29 is 4.74 Å². The number of pyridine rings is 1. The lowest BCUT2D eigenvalue weighted by Crippen LogP contribution is -2.29. The van der Waals surface area contributed by atoms with Crippen LogP contribution in [-0.4, -0.2) is 14.7 Å². The van der Waals surface area contributed by atoms with Gasteiger partial charge in [0, 0.05) is 29.3 Å². The molecule has 2 aromatic heterocycles. The van der Waals surface area contributed by atoms with Gasteiger partial charge in [0.05, 0.1) is 17.8 Å². The highest BCUT2D eigenvalue weighted by molar-refractivity contribution is 7.80. The van der Waals surface area contributed by atoms with Gasteiger partial charge in [0.15, 0.2) is 5.11 Å².